The van der Waals surface area contributed by atoms with E-state index in [0.29, 0.717) is 32.5 Å². The number of benzene rings is 1. The summed E-state index contributed by atoms with van der Waals surface area (Å²) in [4.78, 5) is 14.3. The van der Waals surface area contributed by atoms with Crippen molar-refractivity contribution in [3.63, 3.8) is 0 Å². The topological polar surface area (TPSA) is 89.9 Å². The standard InChI is InChI=1S/C10H14.C9H13N.4C9H14.2C8H13N.2C8H12O.C8H12S.C7H11NO/c1-10(2,3)9-7-5-4-6-8-9;1-9(2,3)8-6-4-5-7-10-8;4*1-9(2,3)8-6-4-5-7-8;5*1-8(2,3)7-5-4-6-9-7;1-7(2,3)6-4-8-9-5-6/h4-8H,1-3H3;4-7H,1-3H3;3*4,6-7H,5H2,1-3H3;4-6H,7H2,1-3H3;4,6H,5H2,1-3H3;4-5H,6H2,1-3H3;3*4-6H,1-3H3;4-5H,1-3H3. The lowest BCUT2D eigenvalue weighted by Gasteiger charge is -2.19. The summed E-state index contributed by atoms with van der Waals surface area (Å²) in [6.07, 6.45) is 49.2. The molecule has 4 aliphatic carbocycles. The summed E-state index contributed by atoms with van der Waals surface area (Å²) in [5, 5.41) is 5.74. The van der Waals surface area contributed by atoms with Crippen molar-refractivity contribution >= 4 is 22.8 Å². The van der Waals surface area contributed by atoms with Crippen molar-refractivity contribution < 1.29 is 13.4 Å². The Labute approximate surface area is 679 Å². The van der Waals surface area contributed by atoms with Gasteiger partial charge >= 0.3 is 0 Å². The van der Waals surface area contributed by atoms with Crippen LogP contribution < -0.4 is 0 Å². The summed E-state index contributed by atoms with van der Waals surface area (Å²) in [6, 6.07) is 28.7. The molecule has 0 atom stereocenters. The van der Waals surface area contributed by atoms with Crippen LogP contribution in [0.4, 0.5) is 0 Å². The zero-order valence-corrected chi connectivity index (χ0v) is 77.3. The number of thiophene rings is 1. The molecule has 110 heavy (non-hydrogen) atoms. The van der Waals surface area contributed by atoms with Crippen LogP contribution in [0.15, 0.2) is 264 Å². The molecule has 0 saturated heterocycles. The summed E-state index contributed by atoms with van der Waals surface area (Å²) in [6.45, 7) is 80.0. The first-order valence-electron chi connectivity index (χ1n) is 40.2. The van der Waals surface area contributed by atoms with Gasteiger partial charge < -0.3 is 13.4 Å². The molecule has 0 unspecified atom stereocenters. The van der Waals surface area contributed by atoms with Crippen molar-refractivity contribution in [2.45, 2.75) is 314 Å². The van der Waals surface area contributed by atoms with Gasteiger partial charge in [-0.25, -0.2) is 0 Å². The van der Waals surface area contributed by atoms with E-state index in [1.165, 1.54) is 38.6 Å². The minimum atomic E-state index is 0.156. The normalized spacial score (nSPS) is 15.0. The third-order valence-corrected chi connectivity index (χ3v) is 19.0. The molecule has 0 fully saturated rings. The Kier molecular flexibility index (Phi) is 41.4. The van der Waals surface area contributed by atoms with Crippen LogP contribution in [0.2, 0.25) is 0 Å². The third-order valence-electron chi connectivity index (χ3n) is 17.7. The summed E-state index contributed by atoms with van der Waals surface area (Å²) in [7, 11) is 0. The van der Waals surface area contributed by atoms with Crippen molar-refractivity contribution in [3.8, 4) is 0 Å². The molecule has 7 heterocycles. The number of nitrogens with zero attached hydrogens (tertiary/aromatic N) is 4. The minimum Gasteiger partial charge on any atom is -0.469 e. The Balaban J connectivity index is 0.000000600. The Morgan fingerprint density at radius 1 is 0.373 bits per heavy atom. The number of furan rings is 2. The number of aromatic nitrogens is 2. The van der Waals surface area contributed by atoms with Gasteiger partial charge in [0.1, 0.15) is 17.8 Å². The Morgan fingerprint density at radius 2 is 0.845 bits per heavy atom. The predicted molar refractivity (Wildman–Crippen MR) is 488 cm³/mol. The lowest BCUT2D eigenvalue weighted by Crippen LogP contribution is -2.17. The molecule has 1 aromatic carbocycles. The third kappa shape index (κ3) is 44.0. The van der Waals surface area contributed by atoms with E-state index < -0.39 is 0 Å². The fourth-order valence-corrected chi connectivity index (χ4v) is 11.0. The van der Waals surface area contributed by atoms with E-state index >= 15 is 0 Å². The van der Waals surface area contributed by atoms with Crippen LogP contribution in [-0.4, -0.2) is 28.1 Å². The maximum Gasteiger partial charge on any atom is 0.127 e. The summed E-state index contributed by atoms with van der Waals surface area (Å²) in [5.74, 6) is 2.09. The SMILES string of the molecule is CC(C)(C)C1=CC=CC1.CC(C)(C)C1=CCC=C1.CC(C)(C)C1=CCC=C1.CC(C)(C)C1=CCC=C1.CC(C)(C)C1=NC=CC1.CC(C)(C)C1=NCC=C1.CC(C)(C)c1ccccc1.CC(C)(C)c1ccccn1.CC(C)(C)c1ccco1.CC(C)(C)c1ccco1.CC(C)(C)c1cccs1.CC(C)(C)c1cnoc1. The van der Waals surface area contributed by atoms with E-state index in [9.17, 15) is 0 Å². The van der Waals surface area contributed by atoms with E-state index in [4.69, 9.17) is 13.4 Å². The monoisotopic (exact) mass is 1520 g/mol. The van der Waals surface area contributed by atoms with Gasteiger partial charge in [-0.15, -0.1) is 11.3 Å². The van der Waals surface area contributed by atoms with Gasteiger partial charge in [0.15, 0.2) is 0 Å². The maximum absolute atomic E-state index is 5.20. The van der Waals surface area contributed by atoms with Crippen LogP contribution in [0.1, 0.15) is 315 Å². The van der Waals surface area contributed by atoms with E-state index in [1.54, 1.807) is 30.6 Å². The van der Waals surface area contributed by atoms with E-state index in [0.717, 1.165) is 61.4 Å². The second-order valence-corrected chi connectivity index (χ2v) is 41.9. The summed E-state index contributed by atoms with van der Waals surface area (Å²) >= 11 is 1.83. The first kappa shape index (κ1) is 101. The van der Waals surface area contributed by atoms with E-state index in [-0.39, 0.29) is 32.5 Å². The number of aliphatic imine (C=N–C) groups is 2. The molecule has 6 aromatic rings. The fraction of sp³-hybridized carbons (Fsp3) is 0.529. The highest BCUT2D eigenvalue weighted by molar-refractivity contribution is 7.10. The molecule has 2 aliphatic heterocycles. The molecule has 6 aliphatic rings. The number of hydrogen-bond donors (Lipinski definition) is 0. The zero-order valence-electron chi connectivity index (χ0n) is 76.4. The molecular weight excluding hydrogens is 1360 g/mol. The van der Waals surface area contributed by atoms with Crippen LogP contribution in [0.25, 0.3) is 0 Å². The van der Waals surface area contributed by atoms with Crippen molar-refractivity contribution in [1.82, 2.24) is 10.1 Å². The molecule has 8 heteroatoms. The van der Waals surface area contributed by atoms with Crippen molar-refractivity contribution in [1.29, 1.82) is 0 Å². The average molecular weight is 1520 g/mol. The fourth-order valence-electron chi connectivity index (χ4n) is 10.2. The molecule has 12 rings (SSSR count). The number of allylic oxidation sites excluding steroid dienone is 18. The molecule has 0 N–H and O–H groups in total. The smallest absolute Gasteiger partial charge is 0.127 e. The molecule has 5 aromatic heterocycles. The average Bonchev–Trinajstić information content (AvgIpc) is 1.79. The zero-order chi connectivity index (χ0) is 84.3. The molecule has 608 valence electrons. The highest BCUT2D eigenvalue weighted by Gasteiger charge is 2.23. The van der Waals surface area contributed by atoms with Crippen LogP contribution in [-0.2, 0) is 32.5 Å². The number of rotatable bonds is 0. The first-order chi connectivity index (χ1) is 50.3. The van der Waals surface area contributed by atoms with Crippen molar-refractivity contribution in [2.24, 2.45) is 42.5 Å². The predicted octanol–water partition coefficient (Wildman–Crippen LogP) is 31.6. The van der Waals surface area contributed by atoms with Crippen LogP contribution in [0.5, 0.6) is 0 Å². The molecule has 7 nitrogen and oxygen atoms in total. The second-order valence-electron chi connectivity index (χ2n) is 40.9. The van der Waals surface area contributed by atoms with Gasteiger partial charge in [-0.05, 0) is 140 Å². The largest absolute Gasteiger partial charge is 0.469 e. The molecule has 0 spiro atoms. The Bertz CT molecular complexity index is 3430. The van der Waals surface area contributed by atoms with Gasteiger partial charge in [-0.3, -0.25) is 15.0 Å². The molecule has 0 bridgehead atoms. The molecule has 0 radical (unpaired) electrons. The number of pyridine rings is 1. The maximum atomic E-state index is 5.20. The molecular formula is C102H156N4O3S. The van der Waals surface area contributed by atoms with Gasteiger partial charge in [-0.2, -0.15) is 0 Å². The minimum absolute atomic E-state index is 0.156. The Hall–Kier alpha value is -7.42. The highest BCUT2D eigenvalue weighted by atomic mass is 32.1. The van der Waals surface area contributed by atoms with Crippen LogP contribution in [0, 0.1) is 32.5 Å². The lowest BCUT2D eigenvalue weighted by atomic mass is 9.86. The van der Waals surface area contributed by atoms with Crippen molar-refractivity contribution in [2.75, 3.05) is 6.54 Å². The van der Waals surface area contributed by atoms with Gasteiger partial charge in [0, 0.05) is 73.5 Å². The van der Waals surface area contributed by atoms with Gasteiger partial charge in [-0.1, -0.05) is 388 Å². The second kappa shape index (κ2) is 45.3. The van der Waals surface area contributed by atoms with Gasteiger partial charge in [0.25, 0.3) is 0 Å². The van der Waals surface area contributed by atoms with Gasteiger partial charge in [0.05, 0.1) is 25.3 Å². The summed E-state index contributed by atoms with van der Waals surface area (Å²) in [5.41, 5.74) is 15.4. The number of hydrogen-bond acceptors (Lipinski definition) is 8. The Morgan fingerprint density at radius 3 is 1.03 bits per heavy atom. The lowest BCUT2D eigenvalue weighted by molar-refractivity contribution is 0.409. The quantitative estimate of drug-likeness (QED) is 0.151. The van der Waals surface area contributed by atoms with E-state index in [1.807, 2.05) is 60.1 Å². The van der Waals surface area contributed by atoms with E-state index in [2.05, 4.69) is 414 Å². The van der Waals surface area contributed by atoms with Crippen LogP contribution in [0.3, 0.4) is 0 Å². The van der Waals surface area contributed by atoms with Crippen LogP contribution >= 0.6 is 11.3 Å². The van der Waals surface area contributed by atoms with Gasteiger partial charge in [0.2, 0.25) is 0 Å². The first-order valence-corrected chi connectivity index (χ1v) is 41.0. The highest BCUT2D eigenvalue weighted by Crippen LogP contribution is 2.34. The van der Waals surface area contributed by atoms with Crippen molar-refractivity contribution in [3.05, 3.63) is 274 Å². The molecule has 0 amide bonds. The molecule has 0 saturated carbocycles. The summed E-state index contributed by atoms with van der Waals surface area (Å²) < 4.78 is 15.1.